The lowest BCUT2D eigenvalue weighted by atomic mass is 9.78. The highest BCUT2D eigenvalue weighted by Gasteiger charge is 2.39. The van der Waals surface area contributed by atoms with Crippen LogP contribution in [0.2, 0.25) is 0 Å². The Morgan fingerprint density at radius 3 is 2.54 bits per heavy atom. The van der Waals surface area contributed by atoms with Gasteiger partial charge >= 0.3 is 6.03 Å². The first kappa shape index (κ1) is 19.0. The number of hydrogen-bond donors (Lipinski definition) is 2. The van der Waals surface area contributed by atoms with E-state index in [-0.39, 0.29) is 24.3 Å². The summed E-state index contributed by atoms with van der Waals surface area (Å²) < 4.78 is 0. The van der Waals surface area contributed by atoms with Gasteiger partial charge in [0, 0.05) is 37.4 Å². The summed E-state index contributed by atoms with van der Waals surface area (Å²) in [6.07, 6.45) is 4.16. The fourth-order valence-electron chi connectivity index (χ4n) is 4.45. The minimum absolute atomic E-state index is 0. The monoisotopic (exact) mass is 378 g/mol. The van der Waals surface area contributed by atoms with Crippen LogP contribution in [0.25, 0.3) is 0 Å². The third-order valence-corrected chi connectivity index (χ3v) is 5.99. The summed E-state index contributed by atoms with van der Waals surface area (Å²) >= 11 is 0. The largest absolute Gasteiger partial charge is 0.371 e. The first-order valence-corrected chi connectivity index (χ1v) is 9.24. The topological polar surface area (TPSA) is 64.7 Å². The average Bonchev–Trinajstić information content (AvgIpc) is 3.00. The van der Waals surface area contributed by atoms with E-state index in [1.807, 2.05) is 13.0 Å². The SMILES string of the molecule is Cc1cc(N2CCC3(CCNCC3)C2)ccc1N1CCC(=O)NC1=O.Cl. The third-order valence-electron chi connectivity index (χ3n) is 5.99. The highest BCUT2D eigenvalue weighted by molar-refractivity contribution is 6.06. The van der Waals surface area contributed by atoms with Gasteiger partial charge in [0.1, 0.15) is 0 Å². The maximum Gasteiger partial charge on any atom is 0.328 e. The minimum atomic E-state index is -0.318. The summed E-state index contributed by atoms with van der Waals surface area (Å²) in [7, 11) is 0. The molecule has 1 spiro atoms. The van der Waals surface area contributed by atoms with Crippen LogP contribution in [0.15, 0.2) is 18.2 Å². The molecule has 0 unspecified atom stereocenters. The van der Waals surface area contributed by atoms with Gasteiger partial charge in [-0.2, -0.15) is 0 Å². The van der Waals surface area contributed by atoms with Gasteiger partial charge < -0.3 is 10.2 Å². The zero-order chi connectivity index (χ0) is 17.4. The molecule has 0 bridgehead atoms. The Bertz CT molecular complexity index is 703. The molecule has 7 heteroatoms. The third kappa shape index (κ3) is 3.53. The number of nitrogens with one attached hydrogen (secondary N) is 2. The molecule has 3 saturated heterocycles. The zero-order valence-corrected chi connectivity index (χ0v) is 16.0. The van der Waals surface area contributed by atoms with Crippen molar-refractivity contribution in [3.63, 3.8) is 0 Å². The van der Waals surface area contributed by atoms with Gasteiger partial charge in [-0.25, -0.2) is 4.79 Å². The summed E-state index contributed by atoms with van der Waals surface area (Å²) in [5.74, 6) is -0.195. The first-order chi connectivity index (χ1) is 12.1. The number of amides is 3. The zero-order valence-electron chi connectivity index (χ0n) is 15.2. The van der Waals surface area contributed by atoms with Crippen LogP contribution in [0, 0.1) is 12.3 Å². The van der Waals surface area contributed by atoms with Crippen LogP contribution < -0.4 is 20.4 Å². The van der Waals surface area contributed by atoms with Crippen molar-refractivity contribution in [3.8, 4) is 0 Å². The molecule has 1 aromatic rings. The molecule has 2 N–H and O–H groups in total. The lowest BCUT2D eigenvalue weighted by molar-refractivity contribution is -0.120. The normalized spacial score (nSPS) is 22.3. The van der Waals surface area contributed by atoms with E-state index < -0.39 is 0 Å². The summed E-state index contributed by atoms with van der Waals surface area (Å²) in [6, 6.07) is 6.00. The van der Waals surface area contributed by atoms with Gasteiger partial charge in [-0.1, -0.05) is 0 Å². The number of anilines is 2. The Morgan fingerprint density at radius 1 is 1.08 bits per heavy atom. The standard InChI is InChI=1S/C19H26N4O2.ClH/c1-14-12-15(22-11-7-19(13-22)5-8-20-9-6-19)2-3-16(14)23-10-4-17(24)21-18(23)25;/h2-3,12,20H,4-11,13H2,1H3,(H,21,24,25);1H. The number of benzene rings is 1. The second-order valence-electron chi connectivity index (χ2n) is 7.65. The van der Waals surface area contributed by atoms with Gasteiger partial charge in [0.25, 0.3) is 0 Å². The summed E-state index contributed by atoms with van der Waals surface area (Å²) in [6.45, 7) is 7.00. The van der Waals surface area contributed by atoms with Crippen molar-refractivity contribution in [1.29, 1.82) is 0 Å². The smallest absolute Gasteiger partial charge is 0.328 e. The van der Waals surface area contributed by atoms with Gasteiger partial charge in [0.05, 0.1) is 0 Å². The van der Waals surface area contributed by atoms with Crippen LogP contribution in [-0.2, 0) is 4.79 Å². The van der Waals surface area contributed by atoms with Gasteiger partial charge in [0.2, 0.25) is 5.91 Å². The van der Waals surface area contributed by atoms with E-state index in [2.05, 4.69) is 27.7 Å². The number of aryl methyl sites for hydroxylation is 1. The molecule has 3 fully saturated rings. The van der Waals surface area contributed by atoms with E-state index >= 15 is 0 Å². The van der Waals surface area contributed by atoms with Gasteiger partial charge in [-0.3, -0.25) is 15.0 Å². The minimum Gasteiger partial charge on any atom is -0.371 e. The second-order valence-corrected chi connectivity index (χ2v) is 7.65. The van der Waals surface area contributed by atoms with Crippen LogP contribution >= 0.6 is 12.4 Å². The fourth-order valence-corrected chi connectivity index (χ4v) is 4.45. The lowest BCUT2D eigenvalue weighted by Crippen LogP contribution is -2.49. The Hall–Kier alpha value is -1.79. The van der Waals surface area contributed by atoms with Gasteiger partial charge in [-0.05, 0) is 68.5 Å². The van der Waals surface area contributed by atoms with Crippen LogP contribution in [0.3, 0.4) is 0 Å². The number of halogens is 1. The van der Waals surface area contributed by atoms with Crippen LogP contribution in [0.4, 0.5) is 16.2 Å². The number of urea groups is 1. The molecule has 3 aliphatic rings. The Kier molecular flexibility index (Phi) is 5.44. The maximum atomic E-state index is 12.1. The molecule has 142 valence electrons. The molecule has 0 saturated carbocycles. The van der Waals surface area contributed by atoms with Gasteiger partial charge in [0.15, 0.2) is 0 Å². The van der Waals surface area contributed by atoms with Crippen molar-refractivity contribution in [2.75, 3.05) is 42.5 Å². The number of hydrogen-bond acceptors (Lipinski definition) is 4. The van der Waals surface area contributed by atoms with Crippen molar-refractivity contribution in [3.05, 3.63) is 23.8 Å². The summed E-state index contributed by atoms with van der Waals surface area (Å²) in [5.41, 5.74) is 3.69. The summed E-state index contributed by atoms with van der Waals surface area (Å²) in [4.78, 5) is 27.6. The quantitative estimate of drug-likeness (QED) is 0.829. The molecule has 0 atom stereocenters. The molecule has 3 amide bonds. The predicted octanol–water partition coefficient (Wildman–Crippen LogP) is 2.44. The van der Waals surface area contributed by atoms with Crippen LogP contribution in [0.5, 0.6) is 0 Å². The molecule has 0 radical (unpaired) electrons. The lowest BCUT2D eigenvalue weighted by Gasteiger charge is -2.34. The molecular formula is C19H27ClN4O2. The number of piperidine rings is 1. The molecular weight excluding hydrogens is 352 g/mol. The van der Waals surface area contributed by atoms with Crippen LogP contribution in [0.1, 0.15) is 31.2 Å². The molecule has 0 aromatic heterocycles. The van der Waals surface area contributed by atoms with E-state index in [4.69, 9.17) is 0 Å². The molecule has 26 heavy (non-hydrogen) atoms. The van der Waals surface area contributed by atoms with E-state index in [1.54, 1.807) is 4.90 Å². The molecule has 3 heterocycles. The van der Waals surface area contributed by atoms with Crippen molar-refractivity contribution < 1.29 is 9.59 Å². The van der Waals surface area contributed by atoms with Crippen molar-refractivity contribution in [2.45, 2.75) is 32.6 Å². The van der Waals surface area contributed by atoms with Crippen molar-refractivity contribution >= 4 is 35.7 Å². The average molecular weight is 379 g/mol. The number of nitrogens with zero attached hydrogens (tertiary/aromatic N) is 2. The number of carbonyl (C=O) groups excluding carboxylic acids is 2. The van der Waals surface area contributed by atoms with E-state index in [0.717, 1.165) is 37.4 Å². The first-order valence-electron chi connectivity index (χ1n) is 9.24. The maximum absolute atomic E-state index is 12.1. The Morgan fingerprint density at radius 2 is 1.85 bits per heavy atom. The molecule has 4 rings (SSSR count). The summed E-state index contributed by atoms with van der Waals surface area (Å²) in [5, 5.41) is 5.86. The molecule has 6 nitrogen and oxygen atoms in total. The molecule has 3 aliphatic heterocycles. The second kappa shape index (κ2) is 7.45. The number of carbonyl (C=O) groups is 2. The van der Waals surface area contributed by atoms with Crippen molar-refractivity contribution in [1.82, 2.24) is 10.6 Å². The molecule has 0 aliphatic carbocycles. The van der Waals surface area contributed by atoms with Crippen molar-refractivity contribution in [2.24, 2.45) is 5.41 Å². The molecule has 1 aromatic carbocycles. The van der Waals surface area contributed by atoms with E-state index in [1.165, 1.54) is 24.9 Å². The highest BCUT2D eigenvalue weighted by atomic mass is 35.5. The Balaban J connectivity index is 0.00000196. The van der Waals surface area contributed by atoms with E-state index in [9.17, 15) is 9.59 Å². The Labute approximate surface area is 160 Å². The van der Waals surface area contributed by atoms with E-state index in [0.29, 0.717) is 18.4 Å². The number of rotatable bonds is 2. The fraction of sp³-hybridized carbons (Fsp3) is 0.579. The predicted molar refractivity (Wildman–Crippen MR) is 105 cm³/mol. The van der Waals surface area contributed by atoms with Gasteiger partial charge in [-0.15, -0.1) is 12.4 Å². The van der Waals surface area contributed by atoms with Crippen LogP contribution in [-0.4, -0.2) is 44.7 Å². The number of imide groups is 1. The highest BCUT2D eigenvalue weighted by Crippen LogP contribution is 2.41.